The highest BCUT2D eigenvalue weighted by Crippen LogP contribution is 2.44. The van der Waals surface area contributed by atoms with Gasteiger partial charge in [-0.25, -0.2) is 0 Å². The summed E-state index contributed by atoms with van der Waals surface area (Å²) >= 11 is 0. The van der Waals surface area contributed by atoms with E-state index in [9.17, 15) is 13.2 Å². The van der Waals surface area contributed by atoms with Gasteiger partial charge < -0.3 is 10.6 Å². The van der Waals surface area contributed by atoms with Crippen LogP contribution in [0.15, 0.2) is 18.2 Å². The Morgan fingerprint density at radius 2 is 2.00 bits per heavy atom. The Labute approximate surface area is 126 Å². The van der Waals surface area contributed by atoms with Crippen molar-refractivity contribution in [3.05, 3.63) is 29.3 Å². The molecule has 2 aliphatic rings. The van der Waals surface area contributed by atoms with E-state index in [-0.39, 0.29) is 11.1 Å². The number of fused-ring (bicyclic) bond motifs is 2. The molecule has 1 aromatic rings. The Morgan fingerprint density at radius 1 is 1.27 bits per heavy atom. The molecule has 0 bridgehead atoms. The van der Waals surface area contributed by atoms with Gasteiger partial charge in [0.1, 0.15) is 6.04 Å². The third-order valence-electron chi connectivity index (χ3n) is 4.11. The molecule has 22 heavy (non-hydrogen) atoms. The number of hydrogen-bond acceptors (Lipinski definition) is 3. The van der Waals surface area contributed by atoms with Gasteiger partial charge in [-0.2, -0.15) is 18.4 Å². The molecule has 1 unspecified atom stereocenters. The fraction of sp³-hybridized carbons (Fsp3) is 0.438. The number of benzene rings is 1. The van der Waals surface area contributed by atoms with Crippen molar-refractivity contribution in [3.63, 3.8) is 0 Å². The van der Waals surface area contributed by atoms with Gasteiger partial charge in [0.15, 0.2) is 0 Å². The zero-order chi connectivity index (χ0) is 16.1. The van der Waals surface area contributed by atoms with Gasteiger partial charge in [-0.1, -0.05) is 0 Å². The van der Waals surface area contributed by atoms with Crippen LogP contribution < -0.4 is 10.6 Å². The minimum absolute atomic E-state index is 0.0900. The molecular formula is C16H16F3N3. The van der Waals surface area contributed by atoms with E-state index < -0.39 is 17.8 Å². The Balaban J connectivity index is 2.12. The first-order chi connectivity index (χ1) is 10.2. The van der Waals surface area contributed by atoms with Crippen LogP contribution in [0.5, 0.6) is 0 Å². The predicted octanol–water partition coefficient (Wildman–Crippen LogP) is 4.09. The average molecular weight is 307 g/mol. The van der Waals surface area contributed by atoms with E-state index in [0.29, 0.717) is 5.69 Å². The maximum atomic E-state index is 13.3. The summed E-state index contributed by atoms with van der Waals surface area (Å²) in [5.74, 6) is 0. The van der Waals surface area contributed by atoms with E-state index in [1.807, 2.05) is 6.07 Å². The van der Waals surface area contributed by atoms with Crippen molar-refractivity contribution >= 4 is 16.9 Å². The summed E-state index contributed by atoms with van der Waals surface area (Å²) in [6.45, 7) is 4.11. The van der Waals surface area contributed by atoms with Crippen LogP contribution >= 0.6 is 0 Å². The summed E-state index contributed by atoms with van der Waals surface area (Å²) in [5, 5.41) is 15.2. The van der Waals surface area contributed by atoms with Gasteiger partial charge in [0.05, 0.1) is 11.6 Å². The minimum Gasteiger partial charge on any atom is -0.380 e. The molecule has 2 heterocycles. The maximum absolute atomic E-state index is 13.3. The largest absolute Gasteiger partial charge is 0.416 e. The lowest BCUT2D eigenvalue weighted by Gasteiger charge is -2.35. The second kappa shape index (κ2) is 4.67. The number of nitrogens with zero attached hydrogens (tertiary/aromatic N) is 1. The molecule has 0 fully saturated rings. The van der Waals surface area contributed by atoms with Gasteiger partial charge in [-0.3, -0.25) is 0 Å². The molecule has 0 saturated heterocycles. The van der Waals surface area contributed by atoms with Crippen molar-refractivity contribution in [2.24, 2.45) is 0 Å². The molecule has 3 nitrogen and oxygen atoms in total. The Hall–Kier alpha value is -2.16. The van der Waals surface area contributed by atoms with Crippen LogP contribution in [-0.2, 0) is 6.42 Å². The number of allylic oxidation sites excluding steroid dienone is 1. The molecule has 0 amide bonds. The van der Waals surface area contributed by atoms with E-state index in [2.05, 4.69) is 24.5 Å². The van der Waals surface area contributed by atoms with Crippen molar-refractivity contribution < 1.29 is 13.2 Å². The molecule has 0 radical (unpaired) electrons. The Morgan fingerprint density at radius 3 is 2.64 bits per heavy atom. The van der Waals surface area contributed by atoms with Crippen LogP contribution in [0, 0.1) is 11.3 Å². The number of nitrogens with one attached hydrogen (secondary N) is 2. The SMILES string of the molecule is CC1(C)CCc2cc3c(cc2N1)NC(C#N)C=C3C(F)(F)F. The highest BCUT2D eigenvalue weighted by Gasteiger charge is 2.39. The van der Waals surface area contributed by atoms with Gasteiger partial charge in [-0.05, 0) is 50.5 Å². The Bertz CT molecular complexity index is 696. The number of anilines is 2. The van der Waals surface area contributed by atoms with E-state index in [1.54, 1.807) is 12.1 Å². The van der Waals surface area contributed by atoms with Crippen LogP contribution in [0.2, 0.25) is 0 Å². The number of rotatable bonds is 0. The molecule has 1 aromatic carbocycles. The summed E-state index contributed by atoms with van der Waals surface area (Å²) in [6.07, 6.45) is -1.93. The lowest BCUT2D eigenvalue weighted by Crippen LogP contribution is -2.35. The molecule has 1 atom stereocenters. The number of aryl methyl sites for hydroxylation is 1. The molecule has 0 spiro atoms. The summed E-state index contributed by atoms with van der Waals surface area (Å²) < 4.78 is 39.8. The lowest BCUT2D eigenvalue weighted by molar-refractivity contribution is -0.0691. The molecular weight excluding hydrogens is 291 g/mol. The van der Waals surface area contributed by atoms with Crippen LogP contribution in [0.1, 0.15) is 31.4 Å². The number of hydrogen-bond donors (Lipinski definition) is 2. The summed E-state index contributed by atoms with van der Waals surface area (Å²) in [4.78, 5) is 0. The van der Waals surface area contributed by atoms with Crippen LogP contribution in [0.4, 0.5) is 24.5 Å². The molecule has 2 aliphatic heterocycles. The average Bonchev–Trinajstić information content (AvgIpc) is 2.42. The first-order valence-corrected chi connectivity index (χ1v) is 7.10. The standard InChI is InChI=1S/C16H16F3N3/c1-15(2)4-3-9-5-11-12(16(17,18)19)6-10(8-20)21-14(11)7-13(9)22-15/h5-7,10,21-22H,3-4H2,1-2H3. The third kappa shape index (κ3) is 2.52. The predicted molar refractivity (Wildman–Crippen MR) is 79.5 cm³/mol. The van der Waals surface area contributed by atoms with E-state index in [4.69, 9.17) is 5.26 Å². The number of halogens is 3. The van der Waals surface area contributed by atoms with Crippen LogP contribution in [0.3, 0.4) is 0 Å². The number of alkyl halides is 3. The fourth-order valence-electron chi connectivity index (χ4n) is 2.97. The number of nitriles is 1. The molecule has 0 aliphatic carbocycles. The fourth-order valence-corrected chi connectivity index (χ4v) is 2.97. The van der Waals surface area contributed by atoms with Crippen molar-refractivity contribution in [2.75, 3.05) is 10.6 Å². The summed E-state index contributed by atoms with van der Waals surface area (Å²) in [6, 6.07) is 4.14. The molecule has 0 saturated carbocycles. The van der Waals surface area contributed by atoms with E-state index in [0.717, 1.165) is 30.2 Å². The van der Waals surface area contributed by atoms with E-state index in [1.165, 1.54) is 0 Å². The lowest BCUT2D eigenvalue weighted by atomic mass is 9.86. The zero-order valence-electron chi connectivity index (χ0n) is 12.3. The minimum atomic E-state index is -4.47. The molecule has 116 valence electrons. The van der Waals surface area contributed by atoms with E-state index >= 15 is 0 Å². The van der Waals surface area contributed by atoms with Crippen molar-refractivity contribution in [1.29, 1.82) is 5.26 Å². The first-order valence-electron chi connectivity index (χ1n) is 7.10. The van der Waals surface area contributed by atoms with Crippen molar-refractivity contribution in [1.82, 2.24) is 0 Å². The van der Waals surface area contributed by atoms with Crippen molar-refractivity contribution in [3.8, 4) is 6.07 Å². The quantitative estimate of drug-likeness (QED) is 0.759. The van der Waals surface area contributed by atoms with Gasteiger partial charge in [-0.15, -0.1) is 0 Å². The van der Waals surface area contributed by atoms with Gasteiger partial charge in [0.2, 0.25) is 0 Å². The van der Waals surface area contributed by atoms with Crippen LogP contribution in [-0.4, -0.2) is 17.8 Å². The van der Waals surface area contributed by atoms with Crippen molar-refractivity contribution in [2.45, 2.75) is 44.4 Å². The maximum Gasteiger partial charge on any atom is 0.416 e. The van der Waals surface area contributed by atoms with Gasteiger partial charge in [0.25, 0.3) is 0 Å². The molecule has 0 aromatic heterocycles. The van der Waals surface area contributed by atoms with Crippen LogP contribution in [0.25, 0.3) is 5.57 Å². The second-order valence-electron chi connectivity index (χ2n) is 6.39. The normalized spacial score (nSPS) is 22.4. The molecule has 6 heteroatoms. The van der Waals surface area contributed by atoms with Gasteiger partial charge >= 0.3 is 6.18 Å². The molecule has 2 N–H and O–H groups in total. The topological polar surface area (TPSA) is 47.8 Å². The second-order valence-corrected chi connectivity index (χ2v) is 6.39. The monoisotopic (exact) mass is 307 g/mol. The molecule has 3 rings (SSSR count). The summed E-state index contributed by atoms with van der Waals surface area (Å²) in [7, 11) is 0. The zero-order valence-corrected chi connectivity index (χ0v) is 12.3. The smallest absolute Gasteiger partial charge is 0.380 e. The van der Waals surface area contributed by atoms with Gasteiger partial charge in [0, 0.05) is 22.5 Å². The highest BCUT2D eigenvalue weighted by atomic mass is 19.4. The highest BCUT2D eigenvalue weighted by molar-refractivity contribution is 5.86. The third-order valence-corrected chi connectivity index (χ3v) is 4.11. The first kappa shape index (κ1) is 14.8. The summed E-state index contributed by atoms with van der Waals surface area (Å²) in [5.41, 5.74) is 1.37. The Kier molecular flexibility index (Phi) is 3.13.